The summed E-state index contributed by atoms with van der Waals surface area (Å²) in [6.45, 7) is 0. The average Bonchev–Trinajstić information content (AvgIpc) is 2.95. The van der Waals surface area contributed by atoms with E-state index in [1.807, 2.05) is 0 Å². The second-order valence-electron chi connectivity index (χ2n) is 1.53. The van der Waals surface area contributed by atoms with Gasteiger partial charge in [-0.25, -0.2) is 13.0 Å². The van der Waals surface area contributed by atoms with E-state index in [4.69, 9.17) is 22.2 Å². The molecule has 0 spiro atoms. The fraction of sp³-hybridized carbons (Fsp3) is 1.00. The molecule has 0 radical (unpaired) electrons. The van der Waals surface area contributed by atoms with E-state index in [1.165, 1.54) is 21.3 Å². The summed E-state index contributed by atoms with van der Waals surface area (Å²) in [6, 6.07) is 0. The van der Waals surface area contributed by atoms with Crippen molar-refractivity contribution < 1.29 is 30.9 Å². The van der Waals surface area contributed by atoms with Crippen molar-refractivity contribution in [1.29, 1.82) is 0 Å². The van der Waals surface area contributed by atoms with Crippen molar-refractivity contribution >= 4 is 25.4 Å². The molecule has 0 saturated carbocycles. The molecule has 0 aromatic carbocycles. The van der Waals surface area contributed by atoms with Gasteiger partial charge in [-0.1, -0.05) is 0 Å². The summed E-state index contributed by atoms with van der Waals surface area (Å²) in [7, 11) is 0.167. The molecule has 1 aromatic rings. The van der Waals surface area contributed by atoms with Crippen LogP contribution in [-0.4, -0.2) is 21.3 Å². The van der Waals surface area contributed by atoms with E-state index < -0.39 is 25.4 Å². The Hall–Kier alpha value is 0.560. The van der Waals surface area contributed by atoms with Gasteiger partial charge in [0.1, 0.15) is 0 Å². The van der Waals surface area contributed by atoms with Gasteiger partial charge in [0.25, 0.3) is 0 Å². The topological polar surface area (TPSA) is 72.4 Å². The first-order valence-electron chi connectivity index (χ1n) is 3.03. The number of hydrogen-bond acceptors (Lipinski definition) is 7. The van der Waals surface area contributed by atoms with Gasteiger partial charge in [-0.05, 0) is 0 Å². The van der Waals surface area contributed by atoms with Crippen molar-refractivity contribution in [2.45, 2.75) is 0 Å². The largest absolute Gasteiger partial charge is 0.475 e. The minimum absolute atomic E-state index is 1.26. The molecule has 10 heteroatoms. The van der Waals surface area contributed by atoms with Gasteiger partial charge in [0.05, 0.1) is 0 Å². The molecule has 78 valence electrons. The lowest BCUT2D eigenvalue weighted by molar-refractivity contribution is 0.257. The van der Waals surface area contributed by atoms with Crippen LogP contribution in [0.2, 0.25) is 0 Å². The molecule has 1 atom stereocenters. The Morgan fingerprint density at radius 2 is 1.46 bits per heavy atom. The highest BCUT2D eigenvalue weighted by molar-refractivity contribution is 7.60. The van der Waals surface area contributed by atoms with Crippen molar-refractivity contribution in [2.24, 2.45) is 0 Å². The molecule has 0 aliphatic heterocycles. The maximum atomic E-state index is 5.15. The molecule has 1 heterocycles. The second kappa shape index (κ2) is 6.12. The maximum absolute atomic E-state index is 5.15. The lowest BCUT2D eigenvalue weighted by Gasteiger charge is -2.14. The predicted octanol–water partition coefficient (Wildman–Crippen LogP) is 2.70. The van der Waals surface area contributed by atoms with E-state index in [1.54, 1.807) is 0 Å². The van der Waals surface area contributed by atoms with Crippen LogP contribution in [0.4, 0.5) is 0 Å². The fourth-order valence-corrected chi connectivity index (χ4v) is 3.17. The molecule has 0 bridgehead atoms. The van der Waals surface area contributed by atoms with Gasteiger partial charge < -0.3 is 13.6 Å². The number of hydrogen-bond donors (Lipinski definition) is 0. The normalized spacial score (nSPS) is 14.2. The average molecular weight is 250 g/mol. The molecule has 0 aliphatic carbocycles. The van der Waals surface area contributed by atoms with Crippen LogP contribution >= 0.6 is 25.4 Å². The SMILES string of the molecule is COP(OC)OP(OC)Op1oo1. The summed E-state index contributed by atoms with van der Waals surface area (Å²) >= 11 is 0. The second-order valence-corrected chi connectivity index (χ2v) is 5.57. The molecular formula is C3H9O7P3. The van der Waals surface area contributed by atoms with Gasteiger partial charge in [0.2, 0.25) is 0 Å². The van der Waals surface area contributed by atoms with Crippen molar-refractivity contribution in [3.63, 3.8) is 0 Å². The number of rotatable bonds is 7. The maximum Gasteiger partial charge on any atom is 0.475 e. The summed E-state index contributed by atoms with van der Waals surface area (Å²) in [4.78, 5) is 0. The molecule has 1 aromatic heterocycles. The summed E-state index contributed by atoms with van der Waals surface area (Å²) in [5.41, 5.74) is 0. The Bertz CT molecular complexity index is 193. The van der Waals surface area contributed by atoms with Gasteiger partial charge in [-0.2, -0.15) is 4.31 Å². The van der Waals surface area contributed by atoms with Crippen molar-refractivity contribution in [2.75, 3.05) is 21.3 Å². The fourth-order valence-electron chi connectivity index (χ4n) is 0.372. The zero-order chi connectivity index (χ0) is 9.68. The standard InChI is InChI=1S/C3H9O7P3/c1-4-11(5-2)9-12(6-3)10-13-7-8-13/h1-3H3. The smallest absolute Gasteiger partial charge is 0.315 e. The zero-order valence-corrected chi connectivity index (χ0v) is 9.88. The minimum atomic E-state index is -1.53. The highest BCUT2D eigenvalue weighted by atomic mass is 31.3. The van der Waals surface area contributed by atoms with E-state index in [9.17, 15) is 0 Å². The minimum Gasteiger partial charge on any atom is -0.315 e. The van der Waals surface area contributed by atoms with E-state index in [-0.39, 0.29) is 0 Å². The molecule has 0 saturated heterocycles. The van der Waals surface area contributed by atoms with E-state index in [0.717, 1.165) is 0 Å². The van der Waals surface area contributed by atoms with Crippen LogP contribution in [-0.2, 0) is 17.9 Å². The van der Waals surface area contributed by atoms with Crippen LogP contribution in [0.3, 0.4) is 0 Å². The Morgan fingerprint density at radius 1 is 0.923 bits per heavy atom. The van der Waals surface area contributed by atoms with Gasteiger partial charge in [-0.15, -0.1) is 0 Å². The van der Waals surface area contributed by atoms with E-state index >= 15 is 0 Å². The van der Waals surface area contributed by atoms with E-state index in [2.05, 4.69) is 8.71 Å². The Labute approximate surface area is 78.5 Å². The molecule has 1 rings (SSSR count). The lowest BCUT2D eigenvalue weighted by atomic mass is 11.8. The van der Waals surface area contributed by atoms with Crippen molar-refractivity contribution in [3.05, 3.63) is 0 Å². The molecule has 1 unspecified atom stereocenters. The summed E-state index contributed by atoms with van der Waals surface area (Å²) in [6.07, 6.45) is 0. The molecule has 13 heavy (non-hydrogen) atoms. The summed E-state index contributed by atoms with van der Waals surface area (Å²) in [5.74, 6) is 0. The summed E-state index contributed by atoms with van der Waals surface area (Å²) in [5, 5.41) is 0. The first-order chi connectivity index (χ1) is 6.30. The summed E-state index contributed by atoms with van der Waals surface area (Å²) < 4.78 is 33.6. The van der Waals surface area contributed by atoms with Crippen LogP contribution < -0.4 is 4.31 Å². The third-order valence-electron chi connectivity index (χ3n) is 0.849. The quantitative estimate of drug-likeness (QED) is 0.544. The molecule has 0 amide bonds. The first kappa shape index (κ1) is 11.6. The van der Waals surface area contributed by atoms with Crippen LogP contribution in [0.5, 0.6) is 0 Å². The third-order valence-corrected chi connectivity index (χ3v) is 4.15. The van der Waals surface area contributed by atoms with E-state index in [0.29, 0.717) is 0 Å². The molecule has 0 fully saturated rings. The Kier molecular flexibility index (Phi) is 5.48. The van der Waals surface area contributed by atoms with Gasteiger partial charge >= 0.3 is 25.4 Å². The van der Waals surface area contributed by atoms with Gasteiger partial charge in [0, 0.05) is 21.3 Å². The van der Waals surface area contributed by atoms with Gasteiger partial charge in [0.15, 0.2) is 0 Å². The molecule has 0 aliphatic rings. The third kappa shape index (κ3) is 4.54. The molecule has 0 N–H and O–H groups in total. The van der Waals surface area contributed by atoms with Crippen molar-refractivity contribution in [3.8, 4) is 0 Å². The molecule has 7 nitrogen and oxygen atoms in total. The lowest BCUT2D eigenvalue weighted by Crippen LogP contribution is -1.91. The molecular weight excluding hydrogens is 241 g/mol. The Balaban J connectivity index is 2.25. The van der Waals surface area contributed by atoms with Crippen LogP contribution in [0.15, 0.2) is 8.71 Å². The monoisotopic (exact) mass is 250 g/mol. The van der Waals surface area contributed by atoms with Crippen molar-refractivity contribution in [1.82, 2.24) is 0 Å². The zero-order valence-electron chi connectivity index (χ0n) is 7.20. The first-order valence-corrected chi connectivity index (χ1v) is 6.32. The predicted molar refractivity (Wildman–Crippen MR) is 46.2 cm³/mol. The highest BCUT2D eigenvalue weighted by Crippen LogP contribution is 2.57. The van der Waals surface area contributed by atoms with Crippen LogP contribution in [0.1, 0.15) is 0 Å². The Morgan fingerprint density at radius 3 is 1.85 bits per heavy atom. The van der Waals surface area contributed by atoms with Gasteiger partial charge in [-0.3, -0.25) is 0 Å². The van der Waals surface area contributed by atoms with Crippen LogP contribution in [0, 0.1) is 0 Å². The highest BCUT2D eigenvalue weighted by Gasteiger charge is 2.25. The van der Waals surface area contributed by atoms with Crippen LogP contribution in [0.25, 0.3) is 0 Å².